The lowest BCUT2D eigenvalue weighted by atomic mass is 10.1. The summed E-state index contributed by atoms with van der Waals surface area (Å²) in [7, 11) is 1.40. The number of carbonyl (C=O) groups excluding carboxylic acids is 1. The summed E-state index contributed by atoms with van der Waals surface area (Å²) in [4.78, 5) is 18.0. The minimum Gasteiger partial charge on any atom is -0.469 e. The first-order chi connectivity index (χ1) is 8.10. The highest BCUT2D eigenvalue weighted by Crippen LogP contribution is 2.31. The van der Waals surface area contributed by atoms with Crippen molar-refractivity contribution in [2.24, 2.45) is 5.92 Å². The molecule has 0 bridgehead atoms. The Morgan fingerprint density at radius 2 is 2.41 bits per heavy atom. The summed E-state index contributed by atoms with van der Waals surface area (Å²) in [5.74, 6) is 0.489. The normalized spacial score (nSPS) is 24.1. The number of esters is 1. The largest absolute Gasteiger partial charge is 0.469 e. The van der Waals surface area contributed by atoms with Crippen LogP contribution in [0.25, 0.3) is 0 Å². The molecule has 0 N–H and O–H groups in total. The van der Waals surface area contributed by atoms with E-state index in [9.17, 15) is 4.79 Å². The van der Waals surface area contributed by atoms with Crippen LogP contribution < -0.4 is 4.90 Å². The third kappa shape index (κ3) is 2.77. The van der Waals surface area contributed by atoms with Crippen molar-refractivity contribution in [2.75, 3.05) is 18.6 Å². The molecule has 5 heteroatoms. The van der Waals surface area contributed by atoms with Crippen LogP contribution >= 0.6 is 11.3 Å². The van der Waals surface area contributed by atoms with Crippen molar-refractivity contribution < 1.29 is 9.53 Å². The van der Waals surface area contributed by atoms with Gasteiger partial charge in [-0.3, -0.25) is 4.79 Å². The fourth-order valence-corrected chi connectivity index (χ4v) is 3.23. The van der Waals surface area contributed by atoms with Crippen LogP contribution in [0.5, 0.6) is 0 Å². The van der Waals surface area contributed by atoms with Gasteiger partial charge in [-0.15, -0.1) is 11.3 Å². The molecule has 0 aliphatic carbocycles. The number of nitrogens with zero attached hydrogens (tertiary/aromatic N) is 2. The summed E-state index contributed by atoms with van der Waals surface area (Å²) in [5.41, 5.74) is 0.809. The molecule has 94 valence electrons. The maximum atomic E-state index is 11.2. The molecule has 1 aliphatic heterocycles. The van der Waals surface area contributed by atoms with Crippen molar-refractivity contribution >= 4 is 22.4 Å². The Bertz CT molecular complexity index is 405. The molecule has 2 rings (SSSR count). The van der Waals surface area contributed by atoms with Crippen LogP contribution in [-0.2, 0) is 16.0 Å². The fraction of sp³-hybridized carbons (Fsp3) is 0.667. The Kier molecular flexibility index (Phi) is 3.66. The van der Waals surface area contributed by atoms with Crippen LogP contribution in [0, 0.1) is 5.92 Å². The molecule has 0 aromatic carbocycles. The van der Waals surface area contributed by atoms with E-state index < -0.39 is 0 Å². The minimum atomic E-state index is -0.232. The second-order valence-electron chi connectivity index (χ2n) is 4.72. The maximum absolute atomic E-state index is 11.2. The van der Waals surface area contributed by atoms with Crippen LogP contribution in [-0.4, -0.2) is 30.6 Å². The number of methoxy groups -OCH3 is 1. The molecule has 0 saturated carbocycles. The van der Waals surface area contributed by atoms with Crippen molar-refractivity contribution in [2.45, 2.75) is 32.7 Å². The van der Waals surface area contributed by atoms with Gasteiger partial charge in [0.1, 0.15) is 0 Å². The molecule has 17 heavy (non-hydrogen) atoms. The van der Waals surface area contributed by atoms with Crippen LogP contribution in [0.4, 0.5) is 5.13 Å². The molecule has 1 aromatic rings. The van der Waals surface area contributed by atoms with Gasteiger partial charge in [-0.05, 0) is 19.3 Å². The van der Waals surface area contributed by atoms with Gasteiger partial charge in [0.15, 0.2) is 5.13 Å². The lowest BCUT2D eigenvalue weighted by molar-refractivity contribution is -0.139. The van der Waals surface area contributed by atoms with Crippen molar-refractivity contribution in [3.63, 3.8) is 0 Å². The van der Waals surface area contributed by atoms with Crippen LogP contribution in [0.15, 0.2) is 5.38 Å². The Hall–Kier alpha value is -1.10. The molecule has 1 aliphatic rings. The van der Waals surface area contributed by atoms with E-state index in [4.69, 9.17) is 0 Å². The number of rotatable bonds is 3. The van der Waals surface area contributed by atoms with E-state index >= 15 is 0 Å². The zero-order chi connectivity index (χ0) is 12.4. The Morgan fingerprint density at radius 1 is 1.65 bits per heavy atom. The summed E-state index contributed by atoms with van der Waals surface area (Å²) >= 11 is 1.61. The van der Waals surface area contributed by atoms with Crippen molar-refractivity contribution in [3.8, 4) is 0 Å². The number of hydrogen-bond donors (Lipinski definition) is 0. The SMILES string of the molecule is COC(=O)Cc1csc(N2CC(C)CC2C)n1. The molecule has 1 saturated heterocycles. The van der Waals surface area contributed by atoms with E-state index in [1.54, 1.807) is 11.3 Å². The maximum Gasteiger partial charge on any atom is 0.311 e. The monoisotopic (exact) mass is 254 g/mol. The predicted molar refractivity (Wildman–Crippen MR) is 68.4 cm³/mol. The van der Waals surface area contributed by atoms with Gasteiger partial charge in [0.05, 0.1) is 19.2 Å². The van der Waals surface area contributed by atoms with Crippen LogP contribution in [0.2, 0.25) is 0 Å². The van der Waals surface area contributed by atoms with Gasteiger partial charge in [0.2, 0.25) is 0 Å². The summed E-state index contributed by atoms with van der Waals surface area (Å²) < 4.78 is 4.64. The Morgan fingerprint density at radius 3 is 3.00 bits per heavy atom. The zero-order valence-corrected chi connectivity index (χ0v) is 11.3. The third-order valence-corrected chi connectivity index (χ3v) is 4.05. The fourth-order valence-electron chi connectivity index (χ4n) is 2.30. The second kappa shape index (κ2) is 5.04. The highest BCUT2D eigenvalue weighted by atomic mass is 32.1. The van der Waals surface area contributed by atoms with E-state index in [0.717, 1.165) is 23.3 Å². The Labute approximate surface area is 106 Å². The van der Waals surface area contributed by atoms with Gasteiger partial charge >= 0.3 is 5.97 Å². The topological polar surface area (TPSA) is 42.4 Å². The van der Waals surface area contributed by atoms with Gasteiger partial charge in [0, 0.05) is 18.0 Å². The molecule has 4 nitrogen and oxygen atoms in total. The molecule has 2 heterocycles. The molecular weight excluding hydrogens is 236 g/mol. The smallest absolute Gasteiger partial charge is 0.311 e. The number of ether oxygens (including phenoxy) is 1. The van der Waals surface area contributed by atoms with Crippen molar-refractivity contribution in [1.29, 1.82) is 0 Å². The van der Waals surface area contributed by atoms with Crippen molar-refractivity contribution in [3.05, 3.63) is 11.1 Å². The number of carbonyl (C=O) groups is 1. The standard InChI is InChI=1S/C12H18N2O2S/c1-8-4-9(2)14(6-8)12-13-10(7-17-12)5-11(15)16-3/h7-9H,4-6H2,1-3H3. The minimum absolute atomic E-state index is 0.232. The first-order valence-electron chi connectivity index (χ1n) is 5.88. The number of hydrogen-bond acceptors (Lipinski definition) is 5. The molecule has 2 unspecified atom stereocenters. The van der Waals surface area contributed by atoms with Crippen LogP contribution in [0.1, 0.15) is 26.0 Å². The van der Waals surface area contributed by atoms with E-state index in [-0.39, 0.29) is 12.4 Å². The first-order valence-corrected chi connectivity index (χ1v) is 6.76. The summed E-state index contributed by atoms with van der Waals surface area (Å²) in [6.45, 7) is 5.55. The third-order valence-electron chi connectivity index (χ3n) is 3.12. The lowest BCUT2D eigenvalue weighted by Gasteiger charge is -2.19. The summed E-state index contributed by atoms with van der Waals surface area (Å²) in [6, 6.07) is 0.544. The molecule has 1 aromatic heterocycles. The first kappa shape index (κ1) is 12.4. The number of anilines is 1. The van der Waals surface area contributed by atoms with Gasteiger partial charge in [0.25, 0.3) is 0 Å². The number of aromatic nitrogens is 1. The highest BCUT2D eigenvalue weighted by molar-refractivity contribution is 7.13. The summed E-state index contributed by atoms with van der Waals surface area (Å²) in [5, 5.41) is 2.97. The van der Waals surface area contributed by atoms with Gasteiger partial charge in [-0.1, -0.05) is 6.92 Å². The average molecular weight is 254 g/mol. The highest BCUT2D eigenvalue weighted by Gasteiger charge is 2.28. The summed E-state index contributed by atoms with van der Waals surface area (Å²) in [6.07, 6.45) is 1.48. The van der Waals surface area contributed by atoms with E-state index in [1.165, 1.54) is 13.5 Å². The zero-order valence-electron chi connectivity index (χ0n) is 10.5. The molecule has 0 spiro atoms. The van der Waals surface area contributed by atoms with Gasteiger partial charge in [-0.2, -0.15) is 0 Å². The quantitative estimate of drug-likeness (QED) is 0.775. The Balaban J connectivity index is 2.05. The van der Waals surface area contributed by atoms with Crippen molar-refractivity contribution in [1.82, 2.24) is 4.98 Å². The molecule has 2 atom stereocenters. The van der Waals surface area contributed by atoms with E-state index in [0.29, 0.717) is 6.04 Å². The lowest BCUT2D eigenvalue weighted by Crippen LogP contribution is -2.26. The predicted octanol–water partition coefficient (Wildman–Crippen LogP) is 2.09. The van der Waals surface area contributed by atoms with Gasteiger partial charge in [-0.25, -0.2) is 4.98 Å². The average Bonchev–Trinajstić information content (AvgIpc) is 2.85. The molecule has 0 amide bonds. The second-order valence-corrected chi connectivity index (χ2v) is 5.55. The molecule has 1 fully saturated rings. The van der Waals surface area contributed by atoms with E-state index in [2.05, 4.69) is 28.5 Å². The molecular formula is C12H18N2O2S. The number of thiazole rings is 1. The van der Waals surface area contributed by atoms with Crippen LogP contribution in [0.3, 0.4) is 0 Å². The molecule has 0 radical (unpaired) electrons. The van der Waals surface area contributed by atoms with E-state index in [1.807, 2.05) is 5.38 Å². The van der Waals surface area contributed by atoms with Gasteiger partial charge < -0.3 is 9.64 Å².